The third-order valence-corrected chi connectivity index (χ3v) is 4.57. The fourth-order valence-electron chi connectivity index (χ4n) is 2.53. The summed E-state index contributed by atoms with van der Waals surface area (Å²) in [6.45, 7) is 4.14. The molecule has 0 N–H and O–H groups in total. The number of halogens is 1. The molecular formula is C15H16ClN3S. The van der Waals surface area contributed by atoms with Crippen LogP contribution in [0.4, 0.5) is 0 Å². The van der Waals surface area contributed by atoms with E-state index in [1.807, 2.05) is 25.3 Å². The summed E-state index contributed by atoms with van der Waals surface area (Å²) in [6.07, 6.45) is 2.80. The van der Waals surface area contributed by atoms with Gasteiger partial charge in [-0.05, 0) is 36.9 Å². The molecule has 3 aromatic rings. The van der Waals surface area contributed by atoms with Crippen LogP contribution in [0.2, 0.25) is 0 Å². The van der Waals surface area contributed by atoms with Crippen LogP contribution in [-0.2, 0) is 0 Å². The zero-order valence-electron chi connectivity index (χ0n) is 11.5. The van der Waals surface area contributed by atoms with Crippen LogP contribution in [-0.4, -0.2) is 14.5 Å². The van der Waals surface area contributed by atoms with Gasteiger partial charge in [-0.1, -0.05) is 13.0 Å². The average molecular weight is 306 g/mol. The number of hydrogen-bond acceptors (Lipinski definition) is 3. The highest BCUT2D eigenvalue weighted by Crippen LogP contribution is 2.33. The second kappa shape index (κ2) is 5.54. The van der Waals surface area contributed by atoms with Crippen LogP contribution in [0, 0.1) is 0 Å². The quantitative estimate of drug-likeness (QED) is 0.649. The molecule has 0 fully saturated rings. The number of hydrogen-bond donors (Lipinski definition) is 0. The Kier molecular flexibility index (Phi) is 3.76. The number of thiophene rings is 1. The van der Waals surface area contributed by atoms with Crippen molar-refractivity contribution in [2.24, 2.45) is 0 Å². The van der Waals surface area contributed by atoms with E-state index in [9.17, 15) is 0 Å². The minimum absolute atomic E-state index is 0.141. The molecule has 0 aliphatic rings. The fraction of sp³-hybridized carbons (Fsp3) is 0.333. The first-order valence-electron chi connectivity index (χ1n) is 6.72. The molecule has 3 nitrogen and oxygen atoms in total. The van der Waals surface area contributed by atoms with Gasteiger partial charge in [0.05, 0.1) is 11.4 Å². The van der Waals surface area contributed by atoms with E-state index in [1.54, 1.807) is 11.3 Å². The van der Waals surface area contributed by atoms with E-state index in [0.717, 1.165) is 23.4 Å². The third kappa shape index (κ3) is 2.23. The van der Waals surface area contributed by atoms with Gasteiger partial charge in [-0.3, -0.25) is 0 Å². The van der Waals surface area contributed by atoms with Crippen LogP contribution in [0.3, 0.4) is 0 Å². The molecule has 0 saturated heterocycles. The summed E-state index contributed by atoms with van der Waals surface area (Å²) < 4.78 is 2.19. The maximum absolute atomic E-state index is 6.33. The van der Waals surface area contributed by atoms with Crippen molar-refractivity contribution in [2.45, 2.75) is 31.7 Å². The zero-order chi connectivity index (χ0) is 14.1. The van der Waals surface area contributed by atoms with Crippen LogP contribution < -0.4 is 0 Å². The number of imidazole rings is 1. The Morgan fingerprint density at radius 3 is 2.85 bits per heavy atom. The van der Waals surface area contributed by atoms with Gasteiger partial charge in [0.25, 0.3) is 0 Å². The van der Waals surface area contributed by atoms with Crippen molar-refractivity contribution in [3.05, 3.63) is 46.5 Å². The Morgan fingerprint density at radius 2 is 2.20 bits per heavy atom. The highest BCUT2D eigenvalue weighted by molar-refractivity contribution is 7.10. The second-order valence-corrected chi connectivity index (χ2v) is 6.38. The van der Waals surface area contributed by atoms with Crippen LogP contribution in [0.5, 0.6) is 0 Å². The van der Waals surface area contributed by atoms with Crippen molar-refractivity contribution in [3.63, 3.8) is 0 Å². The first-order valence-corrected chi connectivity index (χ1v) is 8.04. The van der Waals surface area contributed by atoms with Crippen molar-refractivity contribution < 1.29 is 0 Å². The number of fused-ring (bicyclic) bond motifs is 1. The Hall–Kier alpha value is -1.39. The first-order chi connectivity index (χ1) is 9.72. The summed E-state index contributed by atoms with van der Waals surface area (Å²) in [4.78, 5) is 10.5. The molecule has 0 saturated carbocycles. The highest BCUT2D eigenvalue weighted by atomic mass is 35.5. The average Bonchev–Trinajstić information content (AvgIpc) is 3.08. The Bertz CT molecular complexity index is 703. The molecule has 3 heterocycles. The van der Waals surface area contributed by atoms with Crippen LogP contribution in [0.15, 0.2) is 35.8 Å². The summed E-state index contributed by atoms with van der Waals surface area (Å²) in [5, 5.41) is 1.96. The molecule has 0 spiro atoms. The van der Waals surface area contributed by atoms with Crippen molar-refractivity contribution in [1.29, 1.82) is 0 Å². The van der Waals surface area contributed by atoms with E-state index in [1.165, 1.54) is 4.88 Å². The minimum atomic E-state index is -0.141. The second-order valence-electron chi connectivity index (χ2n) is 4.74. The minimum Gasteiger partial charge on any atom is -0.303 e. The van der Waals surface area contributed by atoms with E-state index in [2.05, 4.69) is 39.0 Å². The van der Waals surface area contributed by atoms with Crippen LogP contribution >= 0.6 is 22.9 Å². The van der Waals surface area contributed by atoms with Gasteiger partial charge in [-0.15, -0.1) is 22.9 Å². The van der Waals surface area contributed by atoms with E-state index >= 15 is 0 Å². The lowest BCUT2D eigenvalue weighted by Gasteiger charge is -2.19. The van der Waals surface area contributed by atoms with Gasteiger partial charge in [0, 0.05) is 11.1 Å². The molecule has 104 valence electrons. The van der Waals surface area contributed by atoms with Crippen molar-refractivity contribution in [2.75, 3.05) is 0 Å². The summed E-state index contributed by atoms with van der Waals surface area (Å²) in [5.74, 6) is 0.889. The van der Waals surface area contributed by atoms with Crippen molar-refractivity contribution >= 4 is 34.1 Å². The maximum atomic E-state index is 6.33. The largest absolute Gasteiger partial charge is 0.303 e. The Labute approximate surface area is 127 Å². The van der Waals surface area contributed by atoms with E-state index in [4.69, 9.17) is 11.6 Å². The number of nitrogens with zero attached hydrogens (tertiary/aromatic N) is 3. The number of rotatable bonds is 4. The molecule has 2 atom stereocenters. The molecule has 20 heavy (non-hydrogen) atoms. The van der Waals surface area contributed by atoms with Gasteiger partial charge in [-0.2, -0.15) is 0 Å². The van der Waals surface area contributed by atoms with Crippen LogP contribution in [0.1, 0.15) is 42.4 Å². The molecule has 0 bridgehead atoms. The molecular weight excluding hydrogens is 290 g/mol. The van der Waals surface area contributed by atoms with Crippen molar-refractivity contribution in [3.8, 4) is 0 Å². The SMILES string of the molecule is CCC(c1cccs1)n1c(C(C)Cl)nc2cccnc21. The molecule has 0 aliphatic carbocycles. The lowest BCUT2D eigenvalue weighted by Crippen LogP contribution is -2.13. The molecule has 0 radical (unpaired) electrons. The highest BCUT2D eigenvalue weighted by Gasteiger charge is 2.23. The zero-order valence-corrected chi connectivity index (χ0v) is 13.0. The van der Waals surface area contributed by atoms with Gasteiger partial charge in [0.15, 0.2) is 5.65 Å². The number of pyridine rings is 1. The predicted octanol–water partition coefficient (Wildman–Crippen LogP) is 4.79. The summed E-state index contributed by atoms with van der Waals surface area (Å²) >= 11 is 8.10. The van der Waals surface area contributed by atoms with Crippen molar-refractivity contribution in [1.82, 2.24) is 14.5 Å². The summed E-state index contributed by atoms with van der Waals surface area (Å²) in [6, 6.07) is 8.39. The fourth-order valence-corrected chi connectivity index (χ4v) is 3.58. The summed E-state index contributed by atoms with van der Waals surface area (Å²) in [7, 11) is 0. The molecule has 5 heteroatoms. The topological polar surface area (TPSA) is 30.7 Å². The normalized spacial score (nSPS) is 14.6. The molecule has 3 rings (SSSR count). The molecule has 2 unspecified atom stereocenters. The smallest absolute Gasteiger partial charge is 0.160 e. The van der Waals surface area contributed by atoms with Gasteiger partial charge < -0.3 is 4.57 Å². The molecule has 0 amide bonds. The number of aromatic nitrogens is 3. The van der Waals surface area contributed by atoms with Gasteiger partial charge in [0.1, 0.15) is 11.3 Å². The van der Waals surface area contributed by atoms with Crippen LogP contribution in [0.25, 0.3) is 11.2 Å². The predicted molar refractivity (Wildman–Crippen MR) is 84.5 cm³/mol. The monoisotopic (exact) mass is 305 g/mol. The van der Waals surface area contributed by atoms with E-state index < -0.39 is 0 Å². The van der Waals surface area contributed by atoms with Gasteiger partial charge >= 0.3 is 0 Å². The first kappa shape index (κ1) is 13.6. The molecule has 0 aromatic carbocycles. The Morgan fingerprint density at radius 1 is 1.35 bits per heavy atom. The third-order valence-electron chi connectivity index (χ3n) is 3.40. The number of alkyl halides is 1. The molecule has 0 aliphatic heterocycles. The Balaban J connectivity index is 2.24. The molecule has 3 aromatic heterocycles. The van der Waals surface area contributed by atoms with Gasteiger partial charge in [-0.25, -0.2) is 9.97 Å². The van der Waals surface area contributed by atoms with E-state index in [-0.39, 0.29) is 11.4 Å². The summed E-state index contributed by atoms with van der Waals surface area (Å²) in [5.41, 5.74) is 1.82. The standard InChI is InChI=1S/C15H16ClN3S/c1-3-12(13-7-5-9-20-13)19-14(10(2)16)18-11-6-4-8-17-15(11)19/h4-10,12H,3H2,1-2H3. The lowest BCUT2D eigenvalue weighted by molar-refractivity contribution is 0.560. The van der Waals surface area contributed by atoms with E-state index in [0.29, 0.717) is 0 Å². The maximum Gasteiger partial charge on any atom is 0.160 e. The van der Waals surface area contributed by atoms with Gasteiger partial charge in [0.2, 0.25) is 0 Å². The lowest BCUT2D eigenvalue weighted by atomic mass is 10.1.